The van der Waals surface area contributed by atoms with E-state index in [1.165, 1.54) is 0 Å². The fraction of sp³-hybridized carbons (Fsp3) is 0.478. The van der Waals surface area contributed by atoms with Crippen molar-refractivity contribution in [2.75, 3.05) is 0 Å². The van der Waals surface area contributed by atoms with Crippen molar-refractivity contribution in [2.24, 2.45) is 0 Å². The van der Waals surface area contributed by atoms with Gasteiger partial charge in [-0.05, 0) is 76.9 Å². The minimum absolute atomic E-state index is 0.408. The van der Waals surface area contributed by atoms with Crippen molar-refractivity contribution < 1.29 is 9.47 Å². The molecule has 0 bridgehead atoms. The predicted octanol–water partition coefficient (Wildman–Crippen LogP) is 8.98. The van der Waals surface area contributed by atoms with Gasteiger partial charge in [-0.2, -0.15) is 0 Å². The van der Waals surface area contributed by atoms with Gasteiger partial charge in [0.2, 0.25) is 0 Å². The van der Waals surface area contributed by atoms with Crippen molar-refractivity contribution in [3.63, 3.8) is 0 Å². The van der Waals surface area contributed by atoms with Gasteiger partial charge in [0.25, 0.3) is 0 Å². The lowest BCUT2D eigenvalue weighted by Crippen LogP contribution is -2.24. The zero-order valence-electron chi connectivity index (χ0n) is 18.1. The van der Waals surface area contributed by atoms with Crippen LogP contribution in [-0.4, -0.2) is 11.2 Å². The summed E-state index contributed by atoms with van der Waals surface area (Å²) in [4.78, 5) is 0. The zero-order valence-corrected chi connectivity index (χ0v) is 21.2. The van der Waals surface area contributed by atoms with Gasteiger partial charge in [-0.3, -0.25) is 0 Å². The van der Waals surface area contributed by atoms with Crippen LogP contribution in [-0.2, 0) is 5.41 Å². The van der Waals surface area contributed by atoms with E-state index in [0.717, 1.165) is 11.1 Å². The first kappa shape index (κ1) is 24.5. The fourth-order valence-electron chi connectivity index (χ4n) is 2.82. The summed E-state index contributed by atoms with van der Waals surface area (Å²) in [5, 5.41) is 1.83. The average molecular weight is 478 g/mol. The molecule has 2 nitrogen and oxygen atoms in total. The molecule has 29 heavy (non-hydrogen) atoms. The van der Waals surface area contributed by atoms with Crippen molar-refractivity contribution in [3.8, 4) is 11.5 Å². The molecule has 0 atom stereocenters. The maximum atomic E-state index is 6.51. The number of ether oxygens (including phenoxy) is 2. The molecule has 0 saturated heterocycles. The summed E-state index contributed by atoms with van der Waals surface area (Å²) in [7, 11) is 0. The van der Waals surface area contributed by atoms with Crippen molar-refractivity contribution in [2.45, 2.75) is 72.0 Å². The van der Waals surface area contributed by atoms with Gasteiger partial charge in [-0.25, -0.2) is 0 Å². The largest absolute Gasteiger partial charge is 0.485 e. The van der Waals surface area contributed by atoms with E-state index in [4.69, 9.17) is 55.9 Å². The Kier molecular flexibility index (Phi) is 7.07. The minimum Gasteiger partial charge on any atom is -0.485 e. The molecule has 0 radical (unpaired) electrons. The van der Waals surface area contributed by atoms with Gasteiger partial charge >= 0.3 is 0 Å². The highest BCUT2D eigenvalue weighted by molar-refractivity contribution is 6.38. The van der Waals surface area contributed by atoms with Crippen LogP contribution in [0.15, 0.2) is 24.3 Å². The molecular formula is C23H28Cl4O2. The van der Waals surface area contributed by atoms with E-state index in [9.17, 15) is 0 Å². The Morgan fingerprint density at radius 1 is 0.517 bits per heavy atom. The minimum atomic E-state index is -0.457. The van der Waals surface area contributed by atoms with E-state index in [1.807, 2.05) is 65.8 Å². The molecule has 0 aromatic heterocycles. The van der Waals surface area contributed by atoms with Crippen LogP contribution in [0.4, 0.5) is 0 Å². The SMILES string of the molecule is CC(C)(C)Oc1c(Cl)cc(C(C)(C)c2cc(Cl)c(OC(C)(C)C)c(Cl)c2)cc1Cl. The van der Waals surface area contributed by atoms with E-state index in [1.54, 1.807) is 0 Å². The zero-order chi connectivity index (χ0) is 22.4. The Bertz CT molecular complexity index is 787. The summed E-state index contributed by atoms with van der Waals surface area (Å²) in [6, 6.07) is 7.48. The van der Waals surface area contributed by atoms with E-state index in [2.05, 4.69) is 13.8 Å². The quantitative estimate of drug-likeness (QED) is 0.437. The van der Waals surface area contributed by atoms with Crippen LogP contribution in [0.5, 0.6) is 11.5 Å². The van der Waals surface area contributed by atoms with Gasteiger partial charge in [0.15, 0.2) is 11.5 Å². The van der Waals surface area contributed by atoms with Crippen molar-refractivity contribution in [1.82, 2.24) is 0 Å². The molecule has 0 aliphatic carbocycles. The van der Waals surface area contributed by atoms with Crippen LogP contribution in [0, 0.1) is 0 Å². The van der Waals surface area contributed by atoms with Crippen LogP contribution in [0.25, 0.3) is 0 Å². The van der Waals surface area contributed by atoms with Crippen LogP contribution in [0.2, 0.25) is 20.1 Å². The van der Waals surface area contributed by atoms with E-state index < -0.39 is 16.6 Å². The molecule has 160 valence electrons. The molecule has 0 spiro atoms. The number of rotatable bonds is 4. The average Bonchev–Trinajstić information content (AvgIpc) is 2.52. The summed E-state index contributed by atoms with van der Waals surface area (Å²) < 4.78 is 11.8. The summed E-state index contributed by atoms with van der Waals surface area (Å²) >= 11 is 26.1. The molecular weight excluding hydrogens is 450 g/mol. The topological polar surface area (TPSA) is 18.5 Å². The lowest BCUT2D eigenvalue weighted by Gasteiger charge is -2.30. The van der Waals surface area contributed by atoms with Crippen LogP contribution in [0.3, 0.4) is 0 Å². The lowest BCUT2D eigenvalue weighted by molar-refractivity contribution is 0.130. The third kappa shape index (κ3) is 6.10. The predicted molar refractivity (Wildman–Crippen MR) is 126 cm³/mol. The highest BCUT2D eigenvalue weighted by atomic mass is 35.5. The van der Waals surface area contributed by atoms with E-state index in [-0.39, 0.29) is 0 Å². The second kappa shape index (κ2) is 8.38. The number of hydrogen-bond donors (Lipinski definition) is 0. The highest BCUT2D eigenvalue weighted by Gasteiger charge is 2.29. The normalized spacial score (nSPS) is 12.8. The molecule has 2 aromatic rings. The Morgan fingerprint density at radius 3 is 0.966 bits per heavy atom. The second-order valence-electron chi connectivity index (χ2n) is 9.59. The summed E-state index contributed by atoms with van der Waals surface area (Å²) in [5.41, 5.74) is 0.569. The molecule has 6 heteroatoms. The molecule has 0 amide bonds. The van der Waals surface area contributed by atoms with Gasteiger partial charge in [0.05, 0.1) is 20.1 Å². The Morgan fingerprint density at radius 2 is 0.759 bits per heavy atom. The van der Waals surface area contributed by atoms with E-state index >= 15 is 0 Å². The number of hydrogen-bond acceptors (Lipinski definition) is 2. The van der Waals surface area contributed by atoms with Crippen molar-refractivity contribution in [1.29, 1.82) is 0 Å². The highest BCUT2D eigenvalue weighted by Crippen LogP contribution is 2.44. The standard InChI is InChI=1S/C23H28Cl4O2/c1-21(2,3)28-19-15(24)9-13(10-16(19)25)23(7,8)14-11-17(26)20(18(27)12-14)29-22(4,5)6/h9-12H,1-8H3. The molecule has 0 heterocycles. The van der Waals surface area contributed by atoms with Crippen LogP contribution >= 0.6 is 46.4 Å². The Labute approximate surface area is 194 Å². The molecule has 0 unspecified atom stereocenters. The van der Waals surface area contributed by atoms with Gasteiger partial charge in [-0.1, -0.05) is 60.3 Å². The van der Waals surface area contributed by atoms with Gasteiger partial charge < -0.3 is 9.47 Å². The first-order valence-electron chi connectivity index (χ1n) is 9.38. The maximum absolute atomic E-state index is 6.51. The third-order valence-electron chi connectivity index (χ3n) is 4.26. The number of benzene rings is 2. The Hall–Kier alpha value is -0.800. The van der Waals surface area contributed by atoms with Crippen molar-refractivity contribution in [3.05, 3.63) is 55.5 Å². The maximum Gasteiger partial charge on any atom is 0.157 e. The number of halogens is 4. The fourth-order valence-corrected chi connectivity index (χ4v) is 3.94. The summed E-state index contributed by atoms with van der Waals surface area (Å²) in [6.07, 6.45) is 0. The first-order chi connectivity index (χ1) is 13.0. The molecule has 2 rings (SSSR count). The molecule has 0 aliphatic rings. The monoisotopic (exact) mass is 476 g/mol. The van der Waals surface area contributed by atoms with E-state index in [0.29, 0.717) is 31.6 Å². The second-order valence-corrected chi connectivity index (χ2v) is 11.2. The summed E-state index contributed by atoms with van der Waals surface area (Å²) in [5.74, 6) is 0.954. The van der Waals surface area contributed by atoms with Gasteiger partial charge in [0, 0.05) is 5.41 Å². The first-order valence-corrected chi connectivity index (χ1v) is 10.9. The molecule has 0 fully saturated rings. The molecule has 2 aromatic carbocycles. The Balaban J connectivity index is 2.50. The third-order valence-corrected chi connectivity index (χ3v) is 5.38. The summed E-state index contributed by atoms with van der Waals surface area (Å²) in [6.45, 7) is 15.8. The van der Waals surface area contributed by atoms with Crippen LogP contribution < -0.4 is 9.47 Å². The smallest absolute Gasteiger partial charge is 0.157 e. The molecule has 0 N–H and O–H groups in total. The lowest BCUT2D eigenvalue weighted by atomic mass is 9.78. The molecule has 0 aliphatic heterocycles. The van der Waals surface area contributed by atoms with Gasteiger partial charge in [0.1, 0.15) is 11.2 Å². The van der Waals surface area contributed by atoms with Crippen LogP contribution in [0.1, 0.15) is 66.5 Å². The van der Waals surface area contributed by atoms with Crippen molar-refractivity contribution >= 4 is 46.4 Å². The van der Waals surface area contributed by atoms with Gasteiger partial charge in [-0.15, -0.1) is 0 Å². The molecule has 0 saturated carbocycles.